The second-order valence-corrected chi connectivity index (χ2v) is 13.5. The van der Waals surface area contributed by atoms with E-state index in [9.17, 15) is 0 Å². The van der Waals surface area contributed by atoms with Gasteiger partial charge in [0, 0.05) is 49.4 Å². The van der Waals surface area contributed by atoms with Gasteiger partial charge in [0.15, 0.2) is 0 Å². The first-order chi connectivity index (χ1) is 25.3. The van der Waals surface area contributed by atoms with Gasteiger partial charge in [-0.05, 0) is 67.4 Å². The van der Waals surface area contributed by atoms with Crippen LogP contribution in [0.15, 0.2) is 158 Å². The van der Waals surface area contributed by atoms with Crippen LogP contribution in [0.1, 0.15) is 17.7 Å². The topological polar surface area (TPSA) is 14.8 Å². The predicted octanol–water partition coefficient (Wildman–Crippen LogP) is 12.0. The fourth-order valence-corrected chi connectivity index (χ4v) is 8.73. The van der Waals surface area contributed by atoms with Crippen LogP contribution in [0, 0.1) is 12.1 Å². The van der Waals surface area contributed by atoms with Gasteiger partial charge in [0.2, 0.25) is 0 Å². The minimum absolute atomic E-state index is 0.926. The molecule has 11 rings (SSSR count). The quantitative estimate of drug-likeness (QED) is 0.180. The highest BCUT2D eigenvalue weighted by Gasteiger charge is 2.25. The van der Waals surface area contributed by atoms with Crippen molar-refractivity contribution in [2.45, 2.75) is 12.8 Å². The van der Waals surface area contributed by atoms with Crippen LogP contribution in [-0.4, -0.2) is 13.7 Å². The van der Waals surface area contributed by atoms with Crippen LogP contribution in [0.25, 0.3) is 88.8 Å². The summed E-state index contributed by atoms with van der Waals surface area (Å²) in [7, 11) is 0. The van der Waals surface area contributed by atoms with E-state index in [1.54, 1.807) is 0 Å². The van der Waals surface area contributed by atoms with Crippen LogP contribution < -0.4 is 0 Å². The van der Waals surface area contributed by atoms with Crippen molar-refractivity contribution in [2.75, 3.05) is 0 Å². The van der Waals surface area contributed by atoms with Crippen molar-refractivity contribution >= 4 is 66.3 Å². The summed E-state index contributed by atoms with van der Waals surface area (Å²) >= 11 is 0. The Kier molecular flexibility index (Phi) is 5.99. The number of hydrogen-bond donors (Lipinski definition) is 0. The van der Waals surface area contributed by atoms with Gasteiger partial charge in [-0.3, -0.25) is 0 Å². The highest BCUT2D eigenvalue weighted by molar-refractivity contribution is 6.12. The maximum absolute atomic E-state index is 3.59. The second kappa shape index (κ2) is 10.9. The summed E-state index contributed by atoms with van der Waals surface area (Å²) in [5.74, 6) is 0. The predicted molar refractivity (Wildman–Crippen MR) is 213 cm³/mol. The number of rotatable bonds is 4. The summed E-state index contributed by atoms with van der Waals surface area (Å²) in [6.45, 7) is 0. The lowest BCUT2D eigenvalue weighted by atomic mass is 9.98. The van der Waals surface area contributed by atoms with Gasteiger partial charge >= 0.3 is 0 Å². The maximum Gasteiger partial charge on any atom is 0.0632 e. The molecule has 3 nitrogen and oxygen atoms in total. The van der Waals surface area contributed by atoms with Crippen LogP contribution in [0.3, 0.4) is 0 Å². The Hall–Kier alpha value is -6.76. The number of allylic oxidation sites excluding steroid dienone is 1. The van der Waals surface area contributed by atoms with Gasteiger partial charge in [0.25, 0.3) is 0 Å². The third-order valence-electron chi connectivity index (χ3n) is 10.8. The molecule has 0 unspecified atom stereocenters. The van der Waals surface area contributed by atoms with Gasteiger partial charge in [0.1, 0.15) is 0 Å². The van der Waals surface area contributed by atoms with E-state index in [0.29, 0.717) is 0 Å². The van der Waals surface area contributed by atoms with Crippen molar-refractivity contribution in [3.05, 3.63) is 181 Å². The van der Waals surface area contributed by atoms with Crippen molar-refractivity contribution in [1.29, 1.82) is 0 Å². The average molecular weight is 650 g/mol. The summed E-state index contributed by atoms with van der Waals surface area (Å²) in [6.07, 6.45) is 4.31. The molecule has 1 aliphatic rings. The fourth-order valence-electron chi connectivity index (χ4n) is 8.73. The Morgan fingerprint density at radius 1 is 0.412 bits per heavy atom. The largest absolute Gasteiger partial charge is 0.313 e. The highest BCUT2D eigenvalue weighted by atomic mass is 15.0. The Bertz CT molecular complexity index is 2930. The summed E-state index contributed by atoms with van der Waals surface area (Å²) in [6, 6.07) is 63.8. The molecule has 0 saturated heterocycles. The Balaban J connectivity index is 1.15. The van der Waals surface area contributed by atoms with Crippen molar-refractivity contribution in [3.8, 4) is 22.5 Å². The normalized spacial score (nSPS) is 12.9. The third kappa shape index (κ3) is 4.02. The zero-order valence-corrected chi connectivity index (χ0v) is 27.8. The molecule has 51 heavy (non-hydrogen) atoms. The van der Waals surface area contributed by atoms with E-state index in [-0.39, 0.29) is 0 Å². The highest BCUT2D eigenvalue weighted by Crippen LogP contribution is 2.43. The van der Waals surface area contributed by atoms with Gasteiger partial charge in [-0.2, -0.15) is 0 Å². The number of fused-ring (bicyclic) bond motifs is 9. The molecule has 7 aromatic carbocycles. The molecule has 0 atom stereocenters. The van der Waals surface area contributed by atoms with Crippen LogP contribution in [0.4, 0.5) is 0 Å². The zero-order valence-electron chi connectivity index (χ0n) is 27.8. The second-order valence-electron chi connectivity index (χ2n) is 13.5. The van der Waals surface area contributed by atoms with E-state index in [4.69, 9.17) is 0 Å². The molecule has 0 fully saturated rings. The van der Waals surface area contributed by atoms with E-state index in [2.05, 4.69) is 184 Å². The molecule has 0 spiro atoms. The first kappa shape index (κ1) is 28.1. The molecular formula is C48H31N3. The van der Waals surface area contributed by atoms with Crippen molar-refractivity contribution in [3.63, 3.8) is 0 Å². The Labute approximate surface area is 295 Å². The lowest BCUT2D eigenvalue weighted by Crippen LogP contribution is -2.09. The lowest BCUT2D eigenvalue weighted by Gasteiger charge is -2.21. The zero-order chi connectivity index (χ0) is 33.5. The minimum atomic E-state index is 0.926. The van der Waals surface area contributed by atoms with Crippen LogP contribution in [-0.2, 0) is 6.42 Å². The number of benzene rings is 6. The number of nitrogens with zero attached hydrogens (tertiary/aromatic N) is 3. The summed E-state index contributed by atoms with van der Waals surface area (Å²) in [5.41, 5.74) is 14.5. The van der Waals surface area contributed by atoms with Crippen LogP contribution >= 0.6 is 0 Å². The molecule has 0 aliphatic heterocycles. The van der Waals surface area contributed by atoms with Crippen LogP contribution in [0.5, 0.6) is 0 Å². The smallest absolute Gasteiger partial charge is 0.0632 e. The number of aromatic nitrogens is 3. The molecule has 10 aromatic rings. The van der Waals surface area contributed by atoms with Gasteiger partial charge in [0.05, 0.1) is 44.5 Å². The number of hydrogen-bond acceptors (Lipinski definition) is 0. The monoisotopic (exact) mass is 649 g/mol. The van der Waals surface area contributed by atoms with E-state index in [0.717, 1.165) is 35.3 Å². The van der Waals surface area contributed by atoms with Gasteiger partial charge in [-0.1, -0.05) is 121 Å². The fraction of sp³-hybridized carbons (Fsp3) is 0.0417. The molecule has 0 N–H and O–H groups in total. The van der Waals surface area contributed by atoms with Gasteiger partial charge in [-0.15, -0.1) is 0 Å². The molecule has 238 valence electrons. The van der Waals surface area contributed by atoms with Crippen molar-refractivity contribution in [1.82, 2.24) is 13.7 Å². The lowest BCUT2D eigenvalue weighted by molar-refractivity contribution is 0.874. The minimum Gasteiger partial charge on any atom is -0.313 e. The third-order valence-corrected chi connectivity index (χ3v) is 10.8. The summed E-state index contributed by atoms with van der Waals surface area (Å²) in [4.78, 5) is 0. The first-order valence-electron chi connectivity index (χ1n) is 17.7. The number of para-hydroxylation sites is 6. The Morgan fingerprint density at radius 3 is 1.51 bits per heavy atom. The molecule has 3 heterocycles. The maximum atomic E-state index is 3.59. The van der Waals surface area contributed by atoms with Crippen LogP contribution in [0.2, 0.25) is 0 Å². The average Bonchev–Trinajstić information content (AvgIpc) is 3.83. The summed E-state index contributed by atoms with van der Waals surface area (Å²) < 4.78 is 7.39. The summed E-state index contributed by atoms with van der Waals surface area (Å²) in [5, 5.41) is 6.36. The van der Waals surface area contributed by atoms with Gasteiger partial charge in [-0.25, -0.2) is 0 Å². The molecule has 1 aliphatic carbocycles. The standard InChI is InChI=1S/C48H31N3/c1-8-22-41-33(15-1)34-16-2-9-23-42(34)49(41)32-29-30-48-40(31-32)39-21-7-14-28-47(39)51(48)46-27-13-6-20-38(46)37-19-5-12-26-45(37)50-43-24-10-3-17-35(43)36-18-4-11-25-44(36)50/h1-4,6-18,20-28,31H,29-30H2. The SMILES string of the molecule is c1ccc(-n2c3ccccc3c3ccccc32)c(-c2ccccc2-n2c3c(c4ccccc42)C=C(n2c4ccccc4c4ccccc42)CC3)c#1. The Morgan fingerprint density at radius 2 is 0.902 bits per heavy atom. The molecule has 0 saturated carbocycles. The molecule has 3 heteroatoms. The van der Waals surface area contributed by atoms with Crippen molar-refractivity contribution < 1.29 is 0 Å². The van der Waals surface area contributed by atoms with E-state index in [1.165, 1.54) is 71.5 Å². The molecule has 0 radical (unpaired) electrons. The molecule has 3 aromatic heterocycles. The van der Waals surface area contributed by atoms with E-state index >= 15 is 0 Å². The molecule has 0 bridgehead atoms. The van der Waals surface area contributed by atoms with Gasteiger partial charge < -0.3 is 13.7 Å². The first-order valence-corrected chi connectivity index (χ1v) is 17.7. The molecule has 0 amide bonds. The van der Waals surface area contributed by atoms with E-state index < -0.39 is 0 Å². The molecular weight excluding hydrogens is 619 g/mol. The van der Waals surface area contributed by atoms with Crippen molar-refractivity contribution in [2.24, 2.45) is 0 Å². The van der Waals surface area contributed by atoms with E-state index in [1.807, 2.05) is 6.07 Å².